The Morgan fingerprint density at radius 2 is 2.19 bits per heavy atom. The van der Waals surface area contributed by atoms with Crippen molar-refractivity contribution in [2.75, 3.05) is 0 Å². The number of amides is 1. The second kappa shape index (κ2) is 6.85. The first-order valence-corrected chi connectivity index (χ1v) is 7.97. The molecule has 1 atom stereocenters. The highest BCUT2D eigenvalue weighted by atomic mass is 32.1. The largest absolute Gasteiger partial charge is 0.349 e. The zero-order valence-corrected chi connectivity index (χ0v) is 13.8. The first-order valence-electron chi connectivity index (χ1n) is 7.16. The van der Waals surface area contributed by atoms with Crippen molar-refractivity contribution in [2.45, 2.75) is 46.7 Å². The van der Waals surface area contributed by atoms with Crippen molar-refractivity contribution >= 4 is 17.2 Å². The molecule has 0 radical (unpaired) electrons. The predicted octanol–water partition coefficient (Wildman–Crippen LogP) is 2.86. The minimum Gasteiger partial charge on any atom is -0.349 e. The molecule has 2 heterocycles. The second-order valence-electron chi connectivity index (χ2n) is 5.57. The molecule has 21 heavy (non-hydrogen) atoms. The highest BCUT2D eigenvalue weighted by Crippen LogP contribution is 2.30. The van der Waals surface area contributed by atoms with Crippen molar-refractivity contribution < 1.29 is 4.79 Å². The Hall–Kier alpha value is -1.69. The number of nitrogens with zero attached hydrogens (tertiary/aromatic N) is 3. The smallest absolute Gasteiger partial charge is 0.222 e. The van der Waals surface area contributed by atoms with Crippen molar-refractivity contribution in [3.8, 4) is 0 Å². The summed E-state index contributed by atoms with van der Waals surface area (Å²) in [5, 5.41) is 7.16. The number of hydrogen-bond donors (Lipinski definition) is 1. The fourth-order valence-corrected chi connectivity index (χ4v) is 3.35. The molecule has 114 valence electrons. The Morgan fingerprint density at radius 3 is 2.71 bits per heavy atom. The number of rotatable bonds is 6. The van der Waals surface area contributed by atoms with E-state index in [0.29, 0.717) is 18.9 Å². The first kappa shape index (κ1) is 15.7. The van der Waals surface area contributed by atoms with Crippen LogP contribution in [0, 0.1) is 19.8 Å². The molecule has 1 amide bonds. The average molecular weight is 306 g/mol. The molecule has 0 aliphatic heterocycles. The molecule has 1 N–H and O–H groups in total. The quantitative estimate of drug-likeness (QED) is 0.892. The van der Waals surface area contributed by atoms with Gasteiger partial charge in [0.05, 0.1) is 12.6 Å². The van der Waals surface area contributed by atoms with E-state index in [-0.39, 0.29) is 11.9 Å². The molecule has 0 aliphatic carbocycles. The number of carbonyl (C=O) groups is 1. The number of nitrogens with one attached hydrogen (secondary N) is 1. The SMILES string of the molecule is Cc1cc(C(NC(=O)CCn2cncn2)C(C)C)c(C)s1. The molecule has 0 aliphatic rings. The number of thiophene rings is 1. The fourth-order valence-electron chi connectivity index (χ4n) is 2.37. The highest BCUT2D eigenvalue weighted by Gasteiger charge is 2.21. The van der Waals surface area contributed by atoms with Gasteiger partial charge < -0.3 is 5.32 Å². The first-order chi connectivity index (χ1) is 9.97. The summed E-state index contributed by atoms with van der Waals surface area (Å²) >= 11 is 1.78. The molecule has 6 heteroatoms. The molecule has 0 saturated heterocycles. The normalized spacial score (nSPS) is 12.6. The molecule has 1 unspecified atom stereocenters. The van der Waals surface area contributed by atoms with E-state index >= 15 is 0 Å². The summed E-state index contributed by atoms with van der Waals surface area (Å²) in [5.41, 5.74) is 1.24. The van der Waals surface area contributed by atoms with Gasteiger partial charge in [0.25, 0.3) is 0 Å². The zero-order valence-electron chi connectivity index (χ0n) is 13.0. The van der Waals surface area contributed by atoms with Gasteiger partial charge in [-0.05, 0) is 31.4 Å². The van der Waals surface area contributed by atoms with Crippen molar-refractivity contribution in [1.29, 1.82) is 0 Å². The Labute approximate surface area is 129 Å². The van der Waals surface area contributed by atoms with E-state index in [2.05, 4.69) is 49.2 Å². The molecule has 0 saturated carbocycles. The summed E-state index contributed by atoms with van der Waals surface area (Å²) < 4.78 is 1.67. The third kappa shape index (κ3) is 4.14. The van der Waals surface area contributed by atoms with Crippen LogP contribution in [0.2, 0.25) is 0 Å². The molecule has 0 bridgehead atoms. The van der Waals surface area contributed by atoms with Gasteiger partial charge in [-0.15, -0.1) is 11.3 Å². The van der Waals surface area contributed by atoms with E-state index in [1.54, 1.807) is 22.3 Å². The van der Waals surface area contributed by atoms with Crippen molar-refractivity contribution in [2.24, 2.45) is 5.92 Å². The lowest BCUT2D eigenvalue weighted by Gasteiger charge is -2.22. The van der Waals surface area contributed by atoms with E-state index in [0.717, 1.165) is 0 Å². The minimum atomic E-state index is 0.0486. The van der Waals surface area contributed by atoms with E-state index in [9.17, 15) is 4.79 Å². The maximum atomic E-state index is 12.2. The summed E-state index contributed by atoms with van der Waals surface area (Å²) in [6.07, 6.45) is 3.51. The number of aryl methyl sites for hydroxylation is 3. The Bertz CT molecular complexity index is 589. The highest BCUT2D eigenvalue weighted by molar-refractivity contribution is 7.12. The molecule has 0 spiro atoms. The number of hydrogen-bond acceptors (Lipinski definition) is 4. The lowest BCUT2D eigenvalue weighted by molar-refractivity contribution is -0.122. The summed E-state index contributed by atoms with van der Waals surface area (Å²) in [6.45, 7) is 9.04. The summed E-state index contributed by atoms with van der Waals surface area (Å²) in [6, 6.07) is 2.25. The third-order valence-electron chi connectivity index (χ3n) is 3.43. The van der Waals surface area contributed by atoms with Gasteiger partial charge in [-0.1, -0.05) is 13.8 Å². The second-order valence-corrected chi connectivity index (χ2v) is 7.03. The van der Waals surface area contributed by atoms with Gasteiger partial charge in [0, 0.05) is 16.2 Å². The van der Waals surface area contributed by atoms with E-state index < -0.39 is 0 Å². The Kier molecular flexibility index (Phi) is 5.12. The molecule has 0 aromatic carbocycles. The molecular weight excluding hydrogens is 284 g/mol. The van der Waals surface area contributed by atoms with Crippen LogP contribution in [0.5, 0.6) is 0 Å². The average Bonchev–Trinajstić information content (AvgIpc) is 3.03. The van der Waals surface area contributed by atoms with Crippen LogP contribution in [0.4, 0.5) is 0 Å². The summed E-state index contributed by atoms with van der Waals surface area (Å²) in [7, 11) is 0. The topological polar surface area (TPSA) is 59.8 Å². The van der Waals surface area contributed by atoms with Crippen molar-refractivity contribution in [3.63, 3.8) is 0 Å². The fraction of sp³-hybridized carbons (Fsp3) is 0.533. The van der Waals surface area contributed by atoms with Crippen LogP contribution in [-0.4, -0.2) is 20.7 Å². The van der Waals surface area contributed by atoms with Gasteiger partial charge in [0.2, 0.25) is 5.91 Å². The van der Waals surface area contributed by atoms with E-state index in [4.69, 9.17) is 0 Å². The third-order valence-corrected chi connectivity index (χ3v) is 4.41. The Morgan fingerprint density at radius 1 is 1.43 bits per heavy atom. The predicted molar refractivity (Wildman–Crippen MR) is 84.2 cm³/mol. The van der Waals surface area contributed by atoms with Crippen molar-refractivity contribution in [1.82, 2.24) is 20.1 Å². The molecule has 2 aromatic rings. The van der Waals surface area contributed by atoms with Crippen molar-refractivity contribution in [3.05, 3.63) is 34.0 Å². The van der Waals surface area contributed by atoms with Crippen LogP contribution in [0.1, 0.15) is 41.6 Å². The van der Waals surface area contributed by atoms with E-state index in [1.807, 2.05) is 0 Å². The van der Waals surface area contributed by atoms with Crippen LogP contribution < -0.4 is 5.32 Å². The lowest BCUT2D eigenvalue weighted by Crippen LogP contribution is -2.32. The van der Waals surface area contributed by atoms with Gasteiger partial charge >= 0.3 is 0 Å². The van der Waals surface area contributed by atoms with Crippen LogP contribution >= 0.6 is 11.3 Å². The van der Waals surface area contributed by atoms with Crippen LogP contribution in [0.3, 0.4) is 0 Å². The Balaban J connectivity index is 1.99. The van der Waals surface area contributed by atoms with Crippen LogP contribution in [0.25, 0.3) is 0 Å². The van der Waals surface area contributed by atoms with Gasteiger partial charge in [0.15, 0.2) is 0 Å². The summed E-state index contributed by atoms with van der Waals surface area (Å²) in [4.78, 5) is 18.6. The monoisotopic (exact) mass is 306 g/mol. The molecule has 2 aromatic heterocycles. The van der Waals surface area contributed by atoms with Crippen LogP contribution in [-0.2, 0) is 11.3 Å². The van der Waals surface area contributed by atoms with Crippen LogP contribution in [0.15, 0.2) is 18.7 Å². The standard InChI is InChI=1S/C15H22N4OS/c1-10(2)15(13-7-11(3)21-12(13)4)18-14(20)5-6-19-9-16-8-17-19/h7-10,15H,5-6H2,1-4H3,(H,18,20). The maximum Gasteiger partial charge on any atom is 0.222 e. The summed E-state index contributed by atoms with van der Waals surface area (Å²) in [5.74, 6) is 0.403. The van der Waals surface area contributed by atoms with Gasteiger partial charge in [-0.25, -0.2) is 4.98 Å². The molecular formula is C15H22N4OS. The molecule has 2 rings (SSSR count). The maximum absolute atomic E-state index is 12.2. The van der Waals surface area contributed by atoms with Gasteiger partial charge in [-0.2, -0.15) is 5.10 Å². The minimum absolute atomic E-state index is 0.0486. The zero-order chi connectivity index (χ0) is 15.4. The van der Waals surface area contributed by atoms with Gasteiger partial charge in [-0.3, -0.25) is 9.48 Å². The lowest BCUT2D eigenvalue weighted by atomic mass is 9.96. The molecule has 0 fully saturated rings. The molecule has 5 nitrogen and oxygen atoms in total. The number of carbonyl (C=O) groups excluding carboxylic acids is 1. The van der Waals surface area contributed by atoms with E-state index in [1.165, 1.54) is 21.6 Å². The van der Waals surface area contributed by atoms with Gasteiger partial charge in [0.1, 0.15) is 12.7 Å². The number of aromatic nitrogens is 3.